The lowest BCUT2D eigenvalue weighted by molar-refractivity contribution is 0.0954. The van der Waals surface area contributed by atoms with Gasteiger partial charge in [-0.2, -0.15) is 5.10 Å². The van der Waals surface area contributed by atoms with Crippen LogP contribution >= 0.6 is 11.6 Å². The molecule has 0 saturated heterocycles. The summed E-state index contributed by atoms with van der Waals surface area (Å²) in [5.41, 5.74) is 1.16. The number of amides is 1. The molecule has 132 valence electrons. The van der Waals surface area contributed by atoms with Crippen LogP contribution in [-0.4, -0.2) is 38.3 Å². The number of fused-ring (bicyclic) bond motifs is 1. The van der Waals surface area contributed by atoms with Gasteiger partial charge in [-0.1, -0.05) is 24.6 Å². The Kier molecular flexibility index (Phi) is 4.30. The summed E-state index contributed by atoms with van der Waals surface area (Å²) in [7, 11) is 0. The van der Waals surface area contributed by atoms with Crippen LogP contribution < -0.4 is 9.64 Å². The van der Waals surface area contributed by atoms with Crippen LogP contribution in [0.15, 0.2) is 49.2 Å². The van der Waals surface area contributed by atoms with Gasteiger partial charge in [-0.25, -0.2) is 14.6 Å². The molecule has 1 aliphatic rings. The second-order valence-electron chi connectivity index (χ2n) is 5.90. The third-order valence-electron chi connectivity index (χ3n) is 4.26. The van der Waals surface area contributed by atoms with E-state index in [0.29, 0.717) is 34.4 Å². The molecule has 26 heavy (non-hydrogen) atoms. The van der Waals surface area contributed by atoms with Crippen LogP contribution in [0, 0.1) is 0 Å². The van der Waals surface area contributed by atoms with E-state index in [1.54, 1.807) is 35.6 Å². The molecule has 3 heterocycles. The third kappa shape index (κ3) is 2.90. The number of benzene rings is 1. The molecule has 4 rings (SSSR count). The maximum absolute atomic E-state index is 13.1. The molecule has 1 amide bonds. The summed E-state index contributed by atoms with van der Waals surface area (Å²) in [5, 5.41) is 4.53. The quantitative estimate of drug-likeness (QED) is 0.709. The molecule has 2 aromatic heterocycles. The molecule has 0 spiro atoms. The fourth-order valence-corrected chi connectivity index (χ4v) is 3.08. The van der Waals surface area contributed by atoms with Crippen molar-refractivity contribution >= 4 is 23.2 Å². The number of rotatable bonds is 3. The first-order chi connectivity index (χ1) is 12.7. The van der Waals surface area contributed by atoms with Crippen LogP contribution in [0.25, 0.3) is 5.82 Å². The van der Waals surface area contributed by atoms with E-state index in [-0.39, 0.29) is 12.0 Å². The summed E-state index contributed by atoms with van der Waals surface area (Å²) in [6.07, 6.45) is 5.20. The maximum atomic E-state index is 13.1. The van der Waals surface area contributed by atoms with Crippen LogP contribution in [0.1, 0.15) is 23.7 Å². The van der Waals surface area contributed by atoms with Crippen LogP contribution in [0.3, 0.4) is 0 Å². The number of hydrogen-bond donors (Lipinski definition) is 0. The van der Waals surface area contributed by atoms with Crippen molar-refractivity contribution in [1.82, 2.24) is 19.7 Å². The molecular formula is C18H16ClN5O2. The van der Waals surface area contributed by atoms with Gasteiger partial charge in [0.25, 0.3) is 5.91 Å². The lowest BCUT2D eigenvalue weighted by Gasteiger charge is -2.35. The molecular weight excluding hydrogens is 354 g/mol. The Labute approximate surface area is 155 Å². The van der Waals surface area contributed by atoms with E-state index < -0.39 is 0 Å². The predicted molar refractivity (Wildman–Crippen MR) is 97.0 cm³/mol. The number of pyridine rings is 1. The van der Waals surface area contributed by atoms with Gasteiger partial charge in [0.05, 0.1) is 22.8 Å². The molecule has 0 N–H and O–H groups in total. The summed E-state index contributed by atoms with van der Waals surface area (Å²) in [5.74, 6) is 0.997. The highest BCUT2D eigenvalue weighted by molar-refractivity contribution is 6.32. The number of aromatic nitrogens is 4. The minimum absolute atomic E-state index is 0.103. The highest BCUT2D eigenvalue weighted by Crippen LogP contribution is 2.40. The molecule has 1 aliphatic heterocycles. The first kappa shape index (κ1) is 16.5. The van der Waals surface area contributed by atoms with Crippen molar-refractivity contribution < 1.29 is 9.53 Å². The van der Waals surface area contributed by atoms with Crippen LogP contribution in [0.5, 0.6) is 5.75 Å². The standard InChI is InChI=1S/C18H16ClN5O2/c1-2-13-9-23(15-5-3-4-14(19)17(15)26-13)18(25)12-6-7-16(21-8-12)24-11-20-10-22-24/h3-8,10-11,13H,2,9H2,1H3/t13-/m1/s1. The molecule has 0 saturated carbocycles. The summed E-state index contributed by atoms with van der Waals surface area (Å²) in [4.78, 5) is 23.0. The molecule has 0 unspecified atom stereocenters. The normalized spacial score (nSPS) is 16.1. The highest BCUT2D eigenvalue weighted by Gasteiger charge is 2.31. The summed E-state index contributed by atoms with van der Waals surface area (Å²) < 4.78 is 7.47. The lowest BCUT2D eigenvalue weighted by Crippen LogP contribution is -2.43. The molecule has 0 radical (unpaired) electrons. The van der Waals surface area contributed by atoms with Crippen molar-refractivity contribution in [3.63, 3.8) is 0 Å². The monoisotopic (exact) mass is 369 g/mol. The van der Waals surface area contributed by atoms with Gasteiger partial charge in [-0.15, -0.1) is 0 Å². The zero-order valence-corrected chi connectivity index (χ0v) is 14.8. The topological polar surface area (TPSA) is 73.1 Å². The number of para-hydroxylation sites is 1. The van der Waals surface area contributed by atoms with E-state index in [0.717, 1.165) is 6.42 Å². The summed E-state index contributed by atoms with van der Waals surface area (Å²) in [6, 6.07) is 8.87. The van der Waals surface area contributed by atoms with Crippen molar-refractivity contribution in [2.45, 2.75) is 19.4 Å². The van der Waals surface area contributed by atoms with Crippen LogP contribution in [0.4, 0.5) is 5.69 Å². The Morgan fingerprint density at radius 2 is 2.23 bits per heavy atom. The number of carbonyl (C=O) groups is 1. The Balaban J connectivity index is 1.66. The average molecular weight is 370 g/mol. The van der Waals surface area contributed by atoms with Crippen molar-refractivity contribution in [2.75, 3.05) is 11.4 Å². The van der Waals surface area contributed by atoms with Gasteiger partial charge in [-0.05, 0) is 30.7 Å². The Morgan fingerprint density at radius 1 is 1.35 bits per heavy atom. The summed E-state index contributed by atoms with van der Waals surface area (Å²) >= 11 is 6.27. The SMILES string of the molecule is CC[C@@H]1CN(C(=O)c2ccc(-n3cncn3)nc2)c2cccc(Cl)c2O1. The maximum Gasteiger partial charge on any atom is 0.260 e. The summed E-state index contributed by atoms with van der Waals surface area (Å²) in [6.45, 7) is 2.48. The zero-order chi connectivity index (χ0) is 18.1. The van der Waals surface area contributed by atoms with Crippen molar-refractivity contribution in [1.29, 1.82) is 0 Å². The fraction of sp³-hybridized carbons (Fsp3) is 0.222. The van der Waals surface area contributed by atoms with Crippen molar-refractivity contribution in [3.05, 3.63) is 59.8 Å². The highest BCUT2D eigenvalue weighted by atomic mass is 35.5. The van der Waals surface area contributed by atoms with Gasteiger partial charge < -0.3 is 9.64 Å². The minimum atomic E-state index is -0.145. The first-order valence-corrected chi connectivity index (χ1v) is 8.63. The Hall–Kier alpha value is -2.93. The van der Waals surface area contributed by atoms with E-state index in [1.165, 1.54) is 11.0 Å². The van der Waals surface area contributed by atoms with Crippen molar-refractivity contribution in [3.8, 4) is 11.6 Å². The largest absolute Gasteiger partial charge is 0.485 e. The number of halogens is 1. The Bertz CT molecular complexity index is 927. The number of nitrogens with zero attached hydrogens (tertiary/aromatic N) is 5. The predicted octanol–water partition coefficient (Wildman–Crippen LogP) is 3.13. The number of carbonyl (C=O) groups excluding carboxylic acids is 1. The molecule has 0 aliphatic carbocycles. The van der Waals surface area contributed by atoms with Gasteiger partial charge in [0.2, 0.25) is 0 Å². The number of hydrogen-bond acceptors (Lipinski definition) is 5. The molecule has 1 atom stereocenters. The Morgan fingerprint density at radius 3 is 2.92 bits per heavy atom. The van der Waals surface area contributed by atoms with Crippen LogP contribution in [0.2, 0.25) is 5.02 Å². The molecule has 7 nitrogen and oxygen atoms in total. The van der Waals surface area contributed by atoms with E-state index >= 15 is 0 Å². The minimum Gasteiger partial charge on any atom is -0.485 e. The second kappa shape index (κ2) is 6.76. The zero-order valence-electron chi connectivity index (χ0n) is 14.0. The lowest BCUT2D eigenvalue weighted by atomic mass is 10.1. The van der Waals surface area contributed by atoms with E-state index in [1.807, 2.05) is 19.1 Å². The van der Waals surface area contributed by atoms with Crippen LogP contribution in [-0.2, 0) is 0 Å². The van der Waals surface area contributed by atoms with Gasteiger partial charge in [0.15, 0.2) is 11.6 Å². The van der Waals surface area contributed by atoms with Gasteiger partial charge in [0.1, 0.15) is 18.8 Å². The molecule has 8 heteroatoms. The first-order valence-electron chi connectivity index (χ1n) is 8.25. The fourth-order valence-electron chi connectivity index (χ4n) is 2.87. The number of anilines is 1. The van der Waals surface area contributed by atoms with E-state index in [4.69, 9.17) is 16.3 Å². The van der Waals surface area contributed by atoms with Gasteiger partial charge in [0, 0.05) is 6.20 Å². The average Bonchev–Trinajstić information content (AvgIpc) is 3.22. The smallest absolute Gasteiger partial charge is 0.260 e. The van der Waals surface area contributed by atoms with Gasteiger partial charge >= 0.3 is 0 Å². The molecule has 1 aromatic carbocycles. The van der Waals surface area contributed by atoms with Gasteiger partial charge in [-0.3, -0.25) is 4.79 Å². The molecule has 0 fully saturated rings. The second-order valence-corrected chi connectivity index (χ2v) is 6.30. The van der Waals surface area contributed by atoms with E-state index in [9.17, 15) is 4.79 Å². The molecule has 0 bridgehead atoms. The van der Waals surface area contributed by atoms with E-state index in [2.05, 4.69) is 15.1 Å². The van der Waals surface area contributed by atoms with Crippen molar-refractivity contribution in [2.24, 2.45) is 0 Å². The number of ether oxygens (including phenoxy) is 1. The third-order valence-corrected chi connectivity index (χ3v) is 4.55. The molecule has 3 aromatic rings.